The van der Waals surface area contributed by atoms with E-state index in [1.165, 1.54) is 24.1 Å². The number of hydrogen-bond donors (Lipinski definition) is 2. The lowest BCUT2D eigenvalue weighted by Gasteiger charge is -2.39. The molecule has 172 valence electrons. The van der Waals surface area contributed by atoms with Crippen molar-refractivity contribution in [3.8, 4) is 0 Å². The molecule has 2 saturated heterocycles. The molecule has 2 unspecified atom stereocenters. The van der Waals surface area contributed by atoms with E-state index >= 15 is 0 Å². The maximum Gasteiger partial charge on any atom is 0.231 e. The summed E-state index contributed by atoms with van der Waals surface area (Å²) in [5.74, 6) is 0.663. The fraction of sp³-hybridized carbons (Fsp3) is 0.480. The molecule has 8 heteroatoms. The second-order valence-electron chi connectivity index (χ2n) is 9.51. The highest BCUT2D eigenvalue weighted by molar-refractivity contribution is 6.30. The van der Waals surface area contributed by atoms with E-state index in [4.69, 9.17) is 11.6 Å². The van der Waals surface area contributed by atoms with Crippen LogP contribution in [0.25, 0.3) is 11.0 Å². The molecule has 1 saturated carbocycles. The average Bonchev–Trinajstić information content (AvgIpc) is 3.33. The standard InChI is InChI=1S/C25H29ClN6O/c26-18-7-5-17(6-8-18)22(21-2-1-9-27-21)25(33)32-12-10-31(11-13-32)23-19(16-3-4-16)14-28-24-20(23)15-29-30-24/h5-8,14-16,21-22,27H,1-4,9-13H2,(H,28,29,30). The number of rotatable bonds is 5. The van der Waals surface area contributed by atoms with Gasteiger partial charge in [0, 0.05) is 43.4 Å². The normalized spacial score (nSPS) is 22.2. The number of pyridine rings is 1. The van der Waals surface area contributed by atoms with E-state index in [1.54, 1.807) is 0 Å². The quantitative estimate of drug-likeness (QED) is 0.602. The van der Waals surface area contributed by atoms with Gasteiger partial charge in [0.05, 0.1) is 23.2 Å². The van der Waals surface area contributed by atoms with E-state index in [0.29, 0.717) is 10.9 Å². The fourth-order valence-corrected chi connectivity index (χ4v) is 5.63. The zero-order chi connectivity index (χ0) is 22.4. The van der Waals surface area contributed by atoms with E-state index in [1.807, 2.05) is 36.7 Å². The Bertz CT molecular complexity index is 1140. The summed E-state index contributed by atoms with van der Waals surface area (Å²) in [5.41, 5.74) is 4.48. The Morgan fingerprint density at radius 2 is 1.85 bits per heavy atom. The van der Waals surface area contributed by atoms with Crippen LogP contribution in [0.5, 0.6) is 0 Å². The third-order valence-electron chi connectivity index (χ3n) is 7.40. The van der Waals surface area contributed by atoms with Crippen molar-refractivity contribution in [2.75, 3.05) is 37.6 Å². The van der Waals surface area contributed by atoms with Crippen LogP contribution in [-0.4, -0.2) is 64.8 Å². The first-order valence-corrected chi connectivity index (χ1v) is 12.4. The molecule has 1 aliphatic carbocycles. The second-order valence-corrected chi connectivity index (χ2v) is 9.95. The number of halogens is 1. The molecule has 0 spiro atoms. The number of piperazine rings is 1. The van der Waals surface area contributed by atoms with Gasteiger partial charge in [-0.1, -0.05) is 23.7 Å². The maximum absolute atomic E-state index is 13.8. The van der Waals surface area contributed by atoms with Crippen LogP contribution in [0.4, 0.5) is 5.69 Å². The Morgan fingerprint density at radius 3 is 2.55 bits per heavy atom. The molecule has 33 heavy (non-hydrogen) atoms. The third kappa shape index (κ3) is 3.97. The second kappa shape index (κ2) is 8.61. The first-order chi connectivity index (χ1) is 16.2. The summed E-state index contributed by atoms with van der Waals surface area (Å²) in [7, 11) is 0. The van der Waals surface area contributed by atoms with Crippen molar-refractivity contribution in [2.45, 2.75) is 43.6 Å². The monoisotopic (exact) mass is 464 g/mol. The minimum absolute atomic E-state index is 0.167. The van der Waals surface area contributed by atoms with Crippen LogP contribution in [-0.2, 0) is 4.79 Å². The number of hydrogen-bond acceptors (Lipinski definition) is 5. The van der Waals surface area contributed by atoms with Gasteiger partial charge < -0.3 is 15.1 Å². The summed E-state index contributed by atoms with van der Waals surface area (Å²) in [6.07, 6.45) is 8.51. The largest absolute Gasteiger partial charge is 0.367 e. The molecule has 6 rings (SSSR count). The Hall–Kier alpha value is -2.64. The van der Waals surface area contributed by atoms with Gasteiger partial charge in [0.2, 0.25) is 5.91 Å². The van der Waals surface area contributed by atoms with Crippen molar-refractivity contribution in [3.05, 3.63) is 52.8 Å². The summed E-state index contributed by atoms with van der Waals surface area (Å²) in [4.78, 5) is 22.9. The Kier molecular flexibility index (Phi) is 5.46. The topological polar surface area (TPSA) is 77.2 Å². The average molecular weight is 465 g/mol. The van der Waals surface area contributed by atoms with Crippen LogP contribution in [0.15, 0.2) is 36.7 Å². The number of nitrogens with zero attached hydrogens (tertiary/aromatic N) is 4. The molecule has 1 amide bonds. The Balaban J connectivity index is 1.23. The van der Waals surface area contributed by atoms with Crippen molar-refractivity contribution in [3.63, 3.8) is 0 Å². The highest BCUT2D eigenvalue weighted by Crippen LogP contribution is 2.46. The molecular weight excluding hydrogens is 436 g/mol. The van der Waals surface area contributed by atoms with Gasteiger partial charge in [0.15, 0.2) is 5.65 Å². The number of H-pyrrole nitrogens is 1. The fourth-order valence-electron chi connectivity index (χ4n) is 5.51. The summed E-state index contributed by atoms with van der Waals surface area (Å²) < 4.78 is 0. The first-order valence-electron chi connectivity index (χ1n) is 12.0. The molecule has 4 heterocycles. The Morgan fingerprint density at radius 1 is 1.06 bits per heavy atom. The van der Waals surface area contributed by atoms with Crippen LogP contribution < -0.4 is 10.2 Å². The number of aromatic amines is 1. The van der Waals surface area contributed by atoms with Gasteiger partial charge in [0.1, 0.15) is 0 Å². The lowest BCUT2D eigenvalue weighted by Crippen LogP contribution is -2.52. The number of carbonyl (C=O) groups is 1. The number of fused-ring (bicyclic) bond motifs is 1. The molecule has 3 fully saturated rings. The smallest absolute Gasteiger partial charge is 0.231 e. The van der Waals surface area contributed by atoms with E-state index in [-0.39, 0.29) is 17.9 Å². The number of nitrogens with one attached hydrogen (secondary N) is 2. The van der Waals surface area contributed by atoms with Gasteiger partial charge in [0.25, 0.3) is 0 Å². The third-order valence-corrected chi connectivity index (χ3v) is 7.65. The van der Waals surface area contributed by atoms with Gasteiger partial charge in [-0.25, -0.2) is 4.98 Å². The molecule has 2 atom stereocenters. The maximum atomic E-state index is 13.8. The van der Waals surface area contributed by atoms with Crippen LogP contribution >= 0.6 is 11.6 Å². The van der Waals surface area contributed by atoms with Crippen molar-refractivity contribution in [2.24, 2.45) is 0 Å². The lowest BCUT2D eigenvalue weighted by molar-refractivity contribution is -0.133. The molecule has 2 aromatic heterocycles. The molecule has 0 bridgehead atoms. The van der Waals surface area contributed by atoms with Crippen LogP contribution in [0.3, 0.4) is 0 Å². The molecule has 3 aromatic rings. The summed E-state index contributed by atoms with van der Waals surface area (Å²) in [5, 5.41) is 12.6. The molecule has 2 N–H and O–H groups in total. The van der Waals surface area contributed by atoms with Gasteiger partial charge in [-0.3, -0.25) is 9.89 Å². The van der Waals surface area contributed by atoms with E-state index < -0.39 is 0 Å². The minimum atomic E-state index is -0.167. The van der Waals surface area contributed by atoms with Crippen molar-refractivity contribution >= 4 is 34.2 Å². The van der Waals surface area contributed by atoms with Crippen molar-refractivity contribution < 1.29 is 4.79 Å². The number of amides is 1. The Labute approximate surface area is 198 Å². The molecule has 1 aromatic carbocycles. The van der Waals surface area contributed by atoms with Crippen LogP contribution in [0, 0.1) is 0 Å². The van der Waals surface area contributed by atoms with Crippen molar-refractivity contribution in [1.29, 1.82) is 0 Å². The van der Waals surface area contributed by atoms with Gasteiger partial charge >= 0.3 is 0 Å². The molecule has 7 nitrogen and oxygen atoms in total. The predicted octanol–water partition coefficient (Wildman–Crippen LogP) is 3.67. The lowest BCUT2D eigenvalue weighted by atomic mass is 9.89. The van der Waals surface area contributed by atoms with Gasteiger partial charge in [-0.05, 0) is 61.4 Å². The summed E-state index contributed by atoms with van der Waals surface area (Å²) in [6, 6.07) is 7.99. The first kappa shape index (κ1) is 20.9. The summed E-state index contributed by atoms with van der Waals surface area (Å²) >= 11 is 6.12. The van der Waals surface area contributed by atoms with E-state index in [0.717, 1.165) is 62.2 Å². The number of aromatic nitrogens is 3. The van der Waals surface area contributed by atoms with Gasteiger partial charge in [-0.2, -0.15) is 5.10 Å². The molecule has 2 aliphatic heterocycles. The zero-order valence-electron chi connectivity index (χ0n) is 18.6. The molecule has 3 aliphatic rings. The summed E-state index contributed by atoms with van der Waals surface area (Å²) in [6.45, 7) is 4.06. The van der Waals surface area contributed by atoms with Crippen LogP contribution in [0.2, 0.25) is 5.02 Å². The number of benzene rings is 1. The highest BCUT2D eigenvalue weighted by atomic mass is 35.5. The van der Waals surface area contributed by atoms with Crippen LogP contribution in [0.1, 0.15) is 48.6 Å². The predicted molar refractivity (Wildman–Crippen MR) is 130 cm³/mol. The van der Waals surface area contributed by atoms with E-state index in [9.17, 15) is 4.79 Å². The van der Waals surface area contributed by atoms with Gasteiger partial charge in [-0.15, -0.1) is 0 Å². The minimum Gasteiger partial charge on any atom is -0.367 e. The number of carbonyl (C=O) groups excluding carboxylic acids is 1. The SMILES string of the molecule is O=C(C(c1ccc(Cl)cc1)C1CCCN1)N1CCN(c2c(C3CC3)cnc3[nH]ncc23)CC1. The van der Waals surface area contributed by atoms with Crippen molar-refractivity contribution in [1.82, 2.24) is 25.4 Å². The zero-order valence-corrected chi connectivity index (χ0v) is 19.4. The molecule has 0 radical (unpaired) electrons. The molecular formula is C25H29ClN6O. The van der Waals surface area contributed by atoms with E-state index in [2.05, 4.69) is 30.3 Å². The highest BCUT2D eigenvalue weighted by Gasteiger charge is 2.37. The number of anilines is 1.